The number of rotatable bonds is 7. The molecule has 6 heteroatoms. The van der Waals surface area contributed by atoms with Crippen LogP contribution in [0.2, 0.25) is 0 Å². The van der Waals surface area contributed by atoms with Crippen LogP contribution in [-0.4, -0.2) is 34.1 Å². The summed E-state index contributed by atoms with van der Waals surface area (Å²) in [7, 11) is 0. The summed E-state index contributed by atoms with van der Waals surface area (Å²) < 4.78 is 1.64. The van der Waals surface area contributed by atoms with Crippen LogP contribution in [0.1, 0.15) is 56.8 Å². The van der Waals surface area contributed by atoms with Crippen LogP contribution in [0, 0.1) is 13.8 Å². The van der Waals surface area contributed by atoms with Gasteiger partial charge in [0, 0.05) is 30.5 Å². The Balaban J connectivity index is 1.85. The lowest BCUT2D eigenvalue weighted by Crippen LogP contribution is -2.49. The largest absolute Gasteiger partial charge is 0.352 e. The third-order valence-corrected chi connectivity index (χ3v) is 4.75. The Hall–Kier alpha value is -1.69. The zero-order valence-electron chi connectivity index (χ0n) is 15.1. The topological polar surface area (TPSA) is 76.0 Å². The fourth-order valence-corrected chi connectivity index (χ4v) is 3.37. The fraction of sp³-hybridized carbons (Fsp3) is 0.722. The van der Waals surface area contributed by atoms with Gasteiger partial charge < -0.3 is 10.6 Å². The van der Waals surface area contributed by atoms with Crippen molar-refractivity contribution in [1.29, 1.82) is 0 Å². The Morgan fingerprint density at radius 2 is 2.04 bits per heavy atom. The summed E-state index contributed by atoms with van der Waals surface area (Å²) in [6.45, 7) is 6.82. The Bertz CT molecular complexity index is 606. The summed E-state index contributed by atoms with van der Waals surface area (Å²) in [5.74, 6) is 0.0792. The molecule has 1 unspecified atom stereocenters. The van der Waals surface area contributed by atoms with Crippen LogP contribution in [-0.2, 0) is 11.3 Å². The van der Waals surface area contributed by atoms with Gasteiger partial charge in [0.1, 0.15) is 0 Å². The third-order valence-electron chi connectivity index (χ3n) is 4.75. The van der Waals surface area contributed by atoms with Crippen LogP contribution in [0.4, 0.5) is 0 Å². The zero-order valence-corrected chi connectivity index (χ0v) is 15.1. The second-order valence-corrected chi connectivity index (χ2v) is 6.73. The molecule has 134 valence electrons. The van der Waals surface area contributed by atoms with E-state index < -0.39 is 0 Å². The summed E-state index contributed by atoms with van der Waals surface area (Å²) in [5, 5.41) is 6.44. The number of nitrogens with zero attached hydrogens (tertiary/aromatic N) is 2. The first-order valence-corrected chi connectivity index (χ1v) is 9.10. The molecule has 0 bridgehead atoms. The second kappa shape index (κ2) is 8.97. The predicted octanol–water partition coefficient (Wildman–Crippen LogP) is 1.68. The molecule has 24 heavy (non-hydrogen) atoms. The summed E-state index contributed by atoms with van der Waals surface area (Å²) >= 11 is 0. The molecule has 1 heterocycles. The van der Waals surface area contributed by atoms with Crippen LogP contribution in [0.15, 0.2) is 10.9 Å². The van der Waals surface area contributed by atoms with Crippen molar-refractivity contribution in [2.75, 3.05) is 6.54 Å². The van der Waals surface area contributed by atoms with E-state index in [1.54, 1.807) is 4.57 Å². The maximum absolute atomic E-state index is 12.4. The van der Waals surface area contributed by atoms with Gasteiger partial charge in [-0.1, -0.05) is 26.2 Å². The minimum Gasteiger partial charge on any atom is -0.352 e. The highest BCUT2D eigenvalue weighted by molar-refractivity contribution is 5.81. The van der Waals surface area contributed by atoms with E-state index in [1.807, 2.05) is 26.8 Å². The first kappa shape index (κ1) is 18.6. The number of nitrogens with one attached hydrogen (secondary N) is 2. The van der Waals surface area contributed by atoms with Crippen molar-refractivity contribution in [3.05, 3.63) is 27.9 Å². The Labute approximate surface area is 144 Å². The predicted molar refractivity (Wildman–Crippen MR) is 95.1 cm³/mol. The summed E-state index contributed by atoms with van der Waals surface area (Å²) in [6, 6.07) is 2.02. The van der Waals surface area contributed by atoms with Gasteiger partial charge in [0.25, 0.3) is 0 Å². The lowest BCUT2D eigenvalue weighted by Gasteiger charge is -2.25. The van der Waals surface area contributed by atoms with Crippen LogP contribution in [0.3, 0.4) is 0 Å². The van der Waals surface area contributed by atoms with Crippen LogP contribution in [0.5, 0.6) is 0 Å². The third kappa shape index (κ3) is 5.16. The molecule has 6 nitrogen and oxygen atoms in total. The lowest BCUT2D eigenvalue weighted by molar-refractivity contribution is -0.124. The number of aryl methyl sites for hydroxylation is 2. The molecule has 1 aliphatic carbocycles. The molecule has 1 aromatic heterocycles. The van der Waals surface area contributed by atoms with E-state index in [9.17, 15) is 9.59 Å². The van der Waals surface area contributed by atoms with Gasteiger partial charge >= 0.3 is 5.69 Å². The number of carbonyl (C=O) groups is 1. The van der Waals surface area contributed by atoms with Crippen molar-refractivity contribution < 1.29 is 4.79 Å². The molecule has 1 saturated carbocycles. The highest BCUT2D eigenvalue weighted by Crippen LogP contribution is 2.17. The molecule has 0 radical (unpaired) electrons. The van der Waals surface area contributed by atoms with Crippen molar-refractivity contribution in [3.8, 4) is 0 Å². The van der Waals surface area contributed by atoms with Gasteiger partial charge in [-0.15, -0.1) is 0 Å². The summed E-state index contributed by atoms with van der Waals surface area (Å²) in [6.07, 6.45) is 6.60. The van der Waals surface area contributed by atoms with E-state index in [1.165, 1.54) is 19.3 Å². The van der Waals surface area contributed by atoms with Crippen LogP contribution >= 0.6 is 0 Å². The minimum atomic E-state index is -0.228. The maximum Gasteiger partial charge on any atom is 0.347 e. The molecule has 1 fully saturated rings. The number of aromatic nitrogens is 2. The van der Waals surface area contributed by atoms with Gasteiger partial charge in [-0.05, 0) is 39.2 Å². The van der Waals surface area contributed by atoms with Crippen molar-refractivity contribution >= 4 is 5.91 Å². The highest BCUT2D eigenvalue weighted by atomic mass is 16.2. The number of carbonyl (C=O) groups excluding carboxylic acids is 1. The summed E-state index contributed by atoms with van der Waals surface area (Å²) in [5.41, 5.74) is 1.41. The van der Waals surface area contributed by atoms with Gasteiger partial charge in [-0.3, -0.25) is 9.36 Å². The van der Waals surface area contributed by atoms with Crippen molar-refractivity contribution in [2.45, 2.75) is 77.9 Å². The molecule has 1 amide bonds. The SMILES string of the molecule is CCC(NCCn1c(C)cc(C)nc1=O)C(=O)NC1CCCCC1. The average Bonchev–Trinajstić information content (AvgIpc) is 2.54. The van der Waals surface area contributed by atoms with Gasteiger partial charge in [-0.2, -0.15) is 4.98 Å². The van der Waals surface area contributed by atoms with Gasteiger partial charge in [0.05, 0.1) is 6.04 Å². The van der Waals surface area contributed by atoms with Crippen LogP contribution in [0.25, 0.3) is 0 Å². The maximum atomic E-state index is 12.4. The monoisotopic (exact) mass is 334 g/mol. The molecule has 1 atom stereocenters. The van der Waals surface area contributed by atoms with E-state index in [0.29, 0.717) is 19.1 Å². The highest BCUT2D eigenvalue weighted by Gasteiger charge is 2.21. The molecular weight excluding hydrogens is 304 g/mol. The van der Waals surface area contributed by atoms with E-state index in [2.05, 4.69) is 15.6 Å². The second-order valence-electron chi connectivity index (χ2n) is 6.73. The van der Waals surface area contributed by atoms with Gasteiger partial charge in [0.15, 0.2) is 0 Å². The smallest absolute Gasteiger partial charge is 0.347 e. The molecule has 2 rings (SSSR count). The minimum absolute atomic E-state index is 0.0792. The van der Waals surface area contributed by atoms with E-state index in [-0.39, 0.29) is 17.6 Å². The van der Waals surface area contributed by atoms with Gasteiger partial charge in [0.2, 0.25) is 5.91 Å². The van der Waals surface area contributed by atoms with Gasteiger partial charge in [-0.25, -0.2) is 4.79 Å². The van der Waals surface area contributed by atoms with E-state index in [0.717, 1.165) is 30.7 Å². The standard InChI is InChI=1S/C18H30N4O2/c1-4-16(17(23)21-15-8-6-5-7-9-15)19-10-11-22-14(3)12-13(2)20-18(22)24/h12,15-16,19H,4-11H2,1-3H3,(H,21,23). The first-order chi connectivity index (χ1) is 11.5. The fourth-order valence-electron chi connectivity index (χ4n) is 3.37. The molecule has 1 aliphatic rings. The Morgan fingerprint density at radius 1 is 1.33 bits per heavy atom. The molecule has 0 saturated heterocycles. The number of hydrogen-bond acceptors (Lipinski definition) is 4. The molecule has 1 aromatic rings. The molecule has 0 aliphatic heterocycles. The van der Waals surface area contributed by atoms with Crippen molar-refractivity contribution in [1.82, 2.24) is 20.2 Å². The molecule has 0 aromatic carbocycles. The summed E-state index contributed by atoms with van der Waals surface area (Å²) in [4.78, 5) is 28.3. The number of amides is 1. The normalized spacial score (nSPS) is 16.8. The number of hydrogen-bond donors (Lipinski definition) is 2. The van der Waals surface area contributed by atoms with Crippen molar-refractivity contribution in [2.24, 2.45) is 0 Å². The van der Waals surface area contributed by atoms with Crippen LogP contribution < -0.4 is 16.3 Å². The average molecular weight is 334 g/mol. The lowest BCUT2D eigenvalue weighted by atomic mass is 9.95. The Morgan fingerprint density at radius 3 is 2.67 bits per heavy atom. The molecule has 0 spiro atoms. The quantitative estimate of drug-likeness (QED) is 0.795. The Kier molecular flexibility index (Phi) is 6.97. The molecule has 2 N–H and O–H groups in total. The molecular formula is C18H30N4O2. The zero-order chi connectivity index (χ0) is 17.5. The first-order valence-electron chi connectivity index (χ1n) is 9.10. The van der Waals surface area contributed by atoms with Crippen molar-refractivity contribution in [3.63, 3.8) is 0 Å². The van der Waals surface area contributed by atoms with E-state index >= 15 is 0 Å². The van der Waals surface area contributed by atoms with E-state index in [4.69, 9.17) is 0 Å².